The molecule has 0 bridgehead atoms. The molecule has 1 heterocycles. The number of hydrogen-bond donors (Lipinski definition) is 1. The normalized spacial score (nSPS) is 12.0. The van der Waals surface area contributed by atoms with E-state index in [0.29, 0.717) is 44.1 Å². The number of halogens is 3. The molecule has 0 radical (unpaired) electrons. The first-order chi connectivity index (χ1) is 10.6. The van der Waals surface area contributed by atoms with E-state index in [-0.39, 0.29) is 5.88 Å². The van der Waals surface area contributed by atoms with Gasteiger partial charge in [-0.2, -0.15) is 0 Å². The molecule has 3 aromatic rings. The lowest BCUT2D eigenvalue weighted by Crippen LogP contribution is -2.12. The highest BCUT2D eigenvalue weighted by Crippen LogP contribution is 2.32. The zero-order chi connectivity index (χ0) is 15.7. The molecule has 22 heavy (non-hydrogen) atoms. The van der Waals surface area contributed by atoms with Crippen LogP contribution < -0.4 is 5.73 Å². The molecule has 0 spiro atoms. The average molecular weight is 355 g/mol. The lowest BCUT2D eigenvalue weighted by molar-refractivity contribution is 0.620. The highest BCUT2D eigenvalue weighted by atomic mass is 35.5. The van der Waals surface area contributed by atoms with Crippen LogP contribution in [0, 0.1) is 0 Å². The van der Waals surface area contributed by atoms with Crippen molar-refractivity contribution in [2.75, 3.05) is 5.88 Å². The third kappa shape index (κ3) is 3.04. The molecule has 7 heteroatoms. The van der Waals surface area contributed by atoms with Gasteiger partial charge in [0.2, 0.25) is 5.89 Å². The highest BCUT2D eigenvalue weighted by molar-refractivity contribution is 6.36. The van der Waals surface area contributed by atoms with Crippen molar-refractivity contribution >= 4 is 57.4 Å². The molecule has 112 valence electrons. The molecular weight excluding hydrogens is 345 g/mol. The number of alkyl halides is 1. The molecule has 3 rings (SSSR count). The Labute approximate surface area is 141 Å². The van der Waals surface area contributed by atoms with Crippen LogP contribution in [0.3, 0.4) is 0 Å². The molecule has 2 N–H and O–H groups in total. The van der Waals surface area contributed by atoms with E-state index in [1.807, 2.05) is 0 Å². The van der Waals surface area contributed by atoms with Gasteiger partial charge < -0.3 is 10.2 Å². The predicted octanol–water partition coefficient (Wildman–Crippen LogP) is 5.03. The van der Waals surface area contributed by atoms with Crippen LogP contribution in [0.5, 0.6) is 0 Å². The van der Waals surface area contributed by atoms with Crippen LogP contribution in [0.25, 0.3) is 22.6 Å². The summed E-state index contributed by atoms with van der Waals surface area (Å²) in [6, 6.07) is 10.5. The second-order valence-corrected chi connectivity index (χ2v) is 5.64. The zero-order valence-corrected chi connectivity index (χ0v) is 13.5. The summed E-state index contributed by atoms with van der Waals surface area (Å²) >= 11 is 17.7. The molecule has 0 fully saturated rings. The minimum atomic E-state index is 0.169. The fourth-order valence-corrected chi connectivity index (χ4v) is 2.51. The van der Waals surface area contributed by atoms with E-state index in [1.165, 1.54) is 0 Å². The van der Waals surface area contributed by atoms with Crippen LogP contribution in [0.4, 0.5) is 5.69 Å². The first-order valence-corrected chi connectivity index (χ1v) is 7.61. The van der Waals surface area contributed by atoms with Gasteiger partial charge >= 0.3 is 0 Å². The van der Waals surface area contributed by atoms with Crippen molar-refractivity contribution in [1.29, 1.82) is 0 Å². The Balaban J connectivity index is 2.06. The van der Waals surface area contributed by atoms with Gasteiger partial charge in [-0.05, 0) is 36.4 Å². The second kappa shape index (κ2) is 6.16. The molecule has 0 unspecified atom stereocenters. The third-order valence-corrected chi connectivity index (χ3v) is 3.76. The largest absolute Gasteiger partial charge is 0.436 e. The molecule has 1 aromatic heterocycles. The van der Waals surface area contributed by atoms with Crippen LogP contribution >= 0.6 is 34.8 Å². The summed E-state index contributed by atoms with van der Waals surface area (Å²) < 4.78 is 5.72. The molecule has 0 saturated carbocycles. The maximum absolute atomic E-state index is 6.17. The number of hydrogen-bond acceptors (Lipinski definition) is 3. The van der Waals surface area contributed by atoms with Crippen LogP contribution in [0.1, 0.15) is 0 Å². The van der Waals surface area contributed by atoms with E-state index in [9.17, 15) is 0 Å². The Morgan fingerprint density at radius 3 is 2.73 bits per heavy atom. The highest BCUT2D eigenvalue weighted by Gasteiger charge is 2.12. The molecule has 4 nitrogen and oxygen atoms in total. The van der Waals surface area contributed by atoms with Gasteiger partial charge in [0.15, 0.2) is 5.58 Å². The van der Waals surface area contributed by atoms with Gasteiger partial charge in [-0.15, -0.1) is 11.6 Å². The molecule has 0 amide bonds. The maximum Gasteiger partial charge on any atom is 0.228 e. The summed E-state index contributed by atoms with van der Waals surface area (Å²) in [5.41, 5.74) is 8.24. The first-order valence-electron chi connectivity index (χ1n) is 6.32. The van der Waals surface area contributed by atoms with Gasteiger partial charge in [-0.1, -0.05) is 23.2 Å². The summed E-state index contributed by atoms with van der Waals surface area (Å²) in [7, 11) is 0. The van der Waals surface area contributed by atoms with Crippen LogP contribution in [0.2, 0.25) is 10.0 Å². The van der Waals surface area contributed by atoms with Crippen LogP contribution in [-0.4, -0.2) is 16.7 Å². The summed E-state index contributed by atoms with van der Waals surface area (Å²) in [5, 5.41) is 1.03. The number of aliphatic imine (C=N–C) groups is 1. The van der Waals surface area contributed by atoms with E-state index in [4.69, 9.17) is 45.0 Å². The predicted molar refractivity (Wildman–Crippen MR) is 91.5 cm³/mol. The fraction of sp³-hybridized carbons (Fsp3) is 0.0667. The number of benzene rings is 2. The fourth-order valence-electron chi connectivity index (χ4n) is 1.96. The molecule has 2 aromatic carbocycles. The lowest BCUT2D eigenvalue weighted by atomic mass is 10.2. The number of fused-ring (bicyclic) bond motifs is 1. The molecule has 0 aliphatic carbocycles. The van der Waals surface area contributed by atoms with Gasteiger partial charge in [-0.25, -0.2) is 9.98 Å². The molecular formula is C15H10Cl3N3O. The number of rotatable bonds is 3. The number of oxazole rings is 1. The van der Waals surface area contributed by atoms with Crippen molar-refractivity contribution in [3.05, 3.63) is 46.4 Å². The maximum atomic E-state index is 6.17. The molecule has 0 aliphatic rings. The van der Waals surface area contributed by atoms with Gasteiger partial charge in [-0.3, -0.25) is 0 Å². The number of nitrogens with zero attached hydrogens (tertiary/aromatic N) is 2. The first kappa shape index (κ1) is 15.2. The molecule has 0 saturated heterocycles. The standard InChI is InChI=1S/C15H10Cl3N3O/c16-7-14(19)20-9-2-4-13-12(6-9)21-15(22-13)10-3-1-8(17)5-11(10)18/h1-6H,7H2,(H2,19,20). The van der Waals surface area contributed by atoms with Crippen molar-refractivity contribution < 1.29 is 4.42 Å². The van der Waals surface area contributed by atoms with Gasteiger partial charge in [0, 0.05) is 5.02 Å². The quantitative estimate of drug-likeness (QED) is 0.407. The van der Waals surface area contributed by atoms with Crippen molar-refractivity contribution in [1.82, 2.24) is 4.98 Å². The van der Waals surface area contributed by atoms with Crippen molar-refractivity contribution in [3.63, 3.8) is 0 Å². The third-order valence-electron chi connectivity index (χ3n) is 2.94. The minimum absolute atomic E-state index is 0.169. The number of aromatic nitrogens is 1. The molecule has 0 aliphatic heterocycles. The Hall–Kier alpha value is -1.75. The monoisotopic (exact) mass is 353 g/mol. The summed E-state index contributed by atoms with van der Waals surface area (Å²) in [6.45, 7) is 0. The number of amidine groups is 1. The van der Waals surface area contributed by atoms with Crippen molar-refractivity contribution in [2.45, 2.75) is 0 Å². The molecule has 0 atom stereocenters. The average Bonchev–Trinajstić information content (AvgIpc) is 2.89. The van der Waals surface area contributed by atoms with E-state index < -0.39 is 0 Å². The smallest absolute Gasteiger partial charge is 0.228 e. The van der Waals surface area contributed by atoms with E-state index >= 15 is 0 Å². The van der Waals surface area contributed by atoms with Gasteiger partial charge in [0.1, 0.15) is 11.4 Å². The summed E-state index contributed by atoms with van der Waals surface area (Å²) in [6.07, 6.45) is 0. The summed E-state index contributed by atoms with van der Waals surface area (Å²) in [4.78, 5) is 8.61. The SMILES string of the molecule is NC(CCl)=Nc1ccc2oc(-c3ccc(Cl)cc3Cl)nc2c1. The Bertz CT molecular complexity index is 874. The van der Waals surface area contributed by atoms with E-state index in [1.54, 1.807) is 36.4 Å². The van der Waals surface area contributed by atoms with Crippen molar-refractivity contribution in [3.8, 4) is 11.5 Å². The van der Waals surface area contributed by atoms with Gasteiger partial charge in [0.25, 0.3) is 0 Å². The lowest BCUT2D eigenvalue weighted by Gasteiger charge is -1.98. The minimum Gasteiger partial charge on any atom is -0.436 e. The Kier molecular flexibility index (Phi) is 4.25. The Morgan fingerprint density at radius 2 is 2.00 bits per heavy atom. The second-order valence-electron chi connectivity index (χ2n) is 4.53. The van der Waals surface area contributed by atoms with E-state index in [0.717, 1.165) is 0 Å². The summed E-state index contributed by atoms with van der Waals surface area (Å²) in [5.74, 6) is 0.927. The Morgan fingerprint density at radius 1 is 1.18 bits per heavy atom. The topological polar surface area (TPSA) is 64.4 Å². The van der Waals surface area contributed by atoms with Gasteiger partial charge in [0.05, 0.1) is 22.2 Å². The number of nitrogens with two attached hydrogens (primary N) is 1. The van der Waals surface area contributed by atoms with Crippen LogP contribution in [-0.2, 0) is 0 Å². The van der Waals surface area contributed by atoms with E-state index in [2.05, 4.69) is 9.98 Å². The zero-order valence-electron chi connectivity index (χ0n) is 11.2. The van der Waals surface area contributed by atoms with Crippen LogP contribution in [0.15, 0.2) is 45.8 Å². The van der Waals surface area contributed by atoms with Crippen molar-refractivity contribution in [2.24, 2.45) is 10.7 Å².